The van der Waals surface area contributed by atoms with Crippen molar-refractivity contribution in [3.63, 3.8) is 0 Å². The number of hydrogen-bond acceptors (Lipinski definition) is 2. The van der Waals surface area contributed by atoms with Gasteiger partial charge < -0.3 is 10.1 Å². The van der Waals surface area contributed by atoms with Gasteiger partial charge in [0.05, 0.1) is 11.6 Å². The molecule has 4 heteroatoms. The van der Waals surface area contributed by atoms with Crippen molar-refractivity contribution in [2.75, 3.05) is 13.7 Å². The minimum atomic E-state index is -0.235. The number of nitrogens with one attached hydrogen (secondary N) is 1. The highest BCUT2D eigenvalue weighted by molar-refractivity contribution is 9.10. The number of rotatable bonds is 6. The highest BCUT2D eigenvalue weighted by atomic mass is 79.9. The van der Waals surface area contributed by atoms with Crippen LogP contribution in [-0.4, -0.2) is 13.7 Å². The zero-order valence-corrected chi connectivity index (χ0v) is 13.8. The minimum Gasteiger partial charge on any atom is -0.497 e. The quantitative estimate of drug-likeness (QED) is 0.827. The van der Waals surface area contributed by atoms with Gasteiger partial charge in [-0.05, 0) is 58.2 Å². The van der Waals surface area contributed by atoms with Crippen LogP contribution in [0.1, 0.15) is 24.1 Å². The lowest BCUT2D eigenvalue weighted by Crippen LogP contribution is -2.23. The lowest BCUT2D eigenvalue weighted by molar-refractivity contribution is 0.414. The van der Waals surface area contributed by atoms with Gasteiger partial charge in [-0.1, -0.05) is 31.2 Å². The summed E-state index contributed by atoms with van der Waals surface area (Å²) in [6, 6.07) is 13.2. The molecule has 112 valence electrons. The van der Waals surface area contributed by atoms with E-state index in [1.165, 1.54) is 6.07 Å². The molecule has 2 nitrogen and oxygen atoms in total. The number of likely N-dealkylation sites (N-methyl/N-ethyl adjacent to an activating group) is 1. The average molecular weight is 352 g/mol. The summed E-state index contributed by atoms with van der Waals surface area (Å²) in [6.07, 6.45) is 0.771. The standard InChI is InChI=1S/C17H19BrFNO/c1-3-20-16(14-8-5-9-15(19)17(14)18)11-12-6-4-7-13(10-12)21-2/h4-10,16,20H,3,11H2,1-2H3. The molecule has 0 aliphatic heterocycles. The van der Waals surface area contributed by atoms with E-state index in [4.69, 9.17) is 4.74 Å². The van der Waals surface area contributed by atoms with Gasteiger partial charge >= 0.3 is 0 Å². The average Bonchev–Trinajstić information content (AvgIpc) is 2.50. The molecule has 0 amide bonds. The molecule has 1 atom stereocenters. The van der Waals surface area contributed by atoms with Crippen LogP contribution in [0.5, 0.6) is 5.75 Å². The first-order valence-corrected chi connectivity index (χ1v) is 7.75. The Hall–Kier alpha value is -1.39. The van der Waals surface area contributed by atoms with Gasteiger partial charge in [0.2, 0.25) is 0 Å². The number of ether oxygens (including phenoxy) is 1. The summed E-state index contributed by atoms with van der Waals surface area (Å²) in [5.74, 6) is 0.599. The van der Waals surface area contributed by atoms with Crippen molar-refractivity contribution in [2.24, 2.45) is 0 Å². The molecule has 0 bridgehead atoms. The molecule has 0 fully saturated rings. The molecule has 1 N–H and O–H groups in total. The van der Waals surface area contributed by atoms with Gasteiger partial charge in [-0.3, -0.25) is 0 Å². The molecule has 0 aliphatic rings. The highest BCUT2D eigenvalue weighted by Gasteiger charge is 2.16. The van der Waals surface area contributed by atoms with E-state index in [9.17, 15) is 4.39 Å². The zero-order chi connectivity index (χ0) is 15.2. The third-order valence-electron chi connectivity index (χ3n) is 3.38. The van der Waals surface area contributed by atoms with Crippen LogP contribution in [0.2, 0.25) is 0 Å². The molecule has 2 rings (SSSR count). The Morgan fingerprint density at radius 3 is 2.71 bits per heavy atom. The van der Waals surface area contributed by atoms with Crippen molar-refractivity contribution in [1.29, 1.82) is 0 Å². The Morgan fingerprint density at radius 2 is 2.00 bits per heavy atom. The first kappa shape index (κ1) is 16.0. The Labute approximate surface area is 133 Å². The van der Waals surface area contributed by atoms with Gasteiger partial charge in [-0.2, -0.15) is 0 Å². The Balaban J connectivity index is 2.28. The van der Waals surface area contributed by atoms with Crippen LogP contribution in [0, 0.1) is 5.82 Å². The van der Waals surface area contributed by atoms with Gasteiger partial charge in [0.25, 0.3) is 0 Å². The van der Waals surface area contributed by atoms with E-state index >= 15 is 0 Å². The third-order valence-corrected chi connectivity index (χ3v) is 4.22. The lowest BCUT2D eigenvalue weighted by Gasteiger charge is -2.20. The normalized spacial score (nSPS) is 12.2. The van der Waals surface area contributed by atoms with Crippen LogP contribution >= 0.6 is 15.9 Å². The molecule has 1 unspecified atom stereocenters. The summed E-state index contributed by atoms with van der Waals surface area (Å²) >= 11 is 3.35. The van der Waals surface area contributed by atoms with Gasteiger partial charge in [-0.25, -0.2) is 4.39 Å². The van der Waals surface area contributed by atoms with E-state index in [0.29, 0.717) is 4.47 Å². The van der Waals surface area contributed by atoms with E-state index in [0.717, 1.165) is 29.8 Å². The predicted octanol–water partition coefficient (Wildman–Crippen LogP) is 4.49. The molecule has 0 spiro atoms. The highest BCUT2D eigenvalue weighted by Crippen LogP contribution is 2.29. The summed E-state index contributed by atoms with van der Waals surface area (Å²) in [4.78, 5) is 0. The molecule has 0 aliphatic carbocycles. The van der Waals surface area contributed by atoms with Gasteiger partial charge in [-0.15, -0.1) is 0 Å². The van der Waals surface area contributed by atoms with Crippen molar-refractivity contribution in [2.45, 2.75) is 19.4 Å². The SMILES string of the molecule is CCNC(Cc1cccc(OC)c1)c1cccc(F)c1Br. The van der Waals surface area contributed by atoms with Crippen LogP contribution in [0.15, 0.2) is 46.9 Å². The molecule has 0 saturated carbocycles. The first-order valence-electron chi connectivity index (χ1n) is 6.96. The molecular weight excluding hydrogens is 333 g/mol. The van der Waals surface area contributed by atoms with Gasteiger partial charge in [0, 0.05) is 6.04 Å². The molecule has 2 aromatic carbocycles. The number of halogens is 2. The Bertz CT molecular complexity index is 603. The topological polar surface area (TPSA) is 21.3 Å². The summed E-state index contributed by atoms with van der Waals surface area (Å²) in [5.41, 5.74) is 2.08. The number of benzene rings is 2. The first-order chi connectivity index (χ1) is 10.2. The second kappa shape index (κ2) is 7.57. The van der Waals surface area contributed by atoms with E-state index in [2.05, 4.69) is 27.3 Å². The fraction of sp³-hybridized carbons (Fsp3) is 0.294. The summed E-state index contributed by atoms with van der Waals surface area (Å²) in [6.45, 7) is 2.86. The molecule has 2 aromatic rings. The largest absolute Gasteiger partial charge is 0.497 e. The zero-order valence-electron chi connectivity index (χ0n) is 12.2. The van der Waals surface area contributed by atoms with Crippen molar-refractivity contribution < 1.29 is 9.13 Å². The molecule has 0 heterocycles. The van der Waals surface area contributed by atoms with E-state index in [1.807, 2.05) is 31.2 Å². The maximum absolute atomic E-state index is 13.7. The van der Waals surface area contributed by atoms with E-state index < -0.39 is 0 Å². The second-order valence-electron chi connectivity index (χ2n) is 4.81. The van der Waals surface area contributed by atoms with Crippen LogP contribution in [0.25, 0.3) is 0 Å². The molecule has 0 radical (unpaired) electrons. The van der Waals surface area contributed by atoms with Crippen molar-refractivity contribution in [1.82, 2.24) is 5.32 Å². The minimum absolute atomic E-state index is 0.0483. The lowest BCUT2D eigenvalue weighted by atomic mass is 9.98. The Kier molecular flexibility index (Phi) is 5.76. The molecule has 0 aromatic heterocycles. The van der Waals surface area contributed by atoms with Gasteiger partial charge in [0.15, 0.2) is 0 Å². The van der Waals surface area contributed by atoms with Crippen LogP contribution in [-0.2, 0) is 6.42 Å². The fourth-order valence-corrected chi connectivity index (χ4v) is 2.90. The maximum Gasteiger partial charge on any atom is 0.137 e. The number of hydrogen-bond donors (Lipinski definition) is 1. The van der Waals surface area contributed by atoms with Gasteiger partial charge in [0.1, 0.15) is 11.6 Å². The number of methoxy groups -OCH3 is 1. The summed E-state index contributed by atoms with van der Waals surface area (Å²) in [5, 5.41) is 3.42. The molecule has 21 heavy (non-hydrogen) atoms. The van der Waals surface area contributed by atoms with Crippen LogP contribution in [0.4, 0.5) is 4.39 Å². The monoisotopic (exact) mass is 351 g/mol. The predicted molar refractivity (Wildman–Crippen MR) is 87.2 cm³/mol. The van der Waals surface area contributed by atoms with E-state index in [-0.39, 0.29) is 11.9 Å². The summed E-state index contributed by atoms with van der Waals surface area (Å²) < 4.78 is 19.5. The van der Waals surface area contributed by atoms with Crippen molar-refractivity contribution in [3.05, 3.63) is 63.9 Å². The Morgan fingerprint density at radius 1 is 1.24 bits per heavy atom. The second-order valence-corrected chi connectivity index (χ2v) is 5.60. The van der Waals surface area contributed by atoms with Crippen molar-refractivity contribution in [3.8, 4) is 5.75 Å². The maximum atomic E-state index is 13.7. The summed E-state index contributed by atoms with van der Waals surface area (Å²) in [7, 11) is 1.66. The molecule has 0 saturated heterocycles. The fourth-order valence-electron chi connectivity index (χ4n) is 2.36. The molecular formula is C17H19BrFNO. The van der Waals surface area contributed by atoms with Crippen LogP contribution < -0.4 is 10.1 Å². The van der Waals surface area contributed by atoms with Crippen LogP contribution in [0.3, 0.4) is 0 Å². The smallest absolute Gasteiger partial charge is 0.137 e. The van der Waals surface area contributed by atoms with E-state index in [1.54, 1.807) is 13.2 Å². The van der Waals surface area contributed by atoms with Crippen molar-refractivity contribution >= 4 is 15.9 Å². The third kappa shape index (κ3) is 4.05.